The highest BCUT2D eigenvalue weighted by molar-refractivity contribution is 7.09. The van der Waals surface area contributed by atoms with Crippen molar-refractivity contribution < 1.29 is 24.2 Å². The lowest BCUT2D eigenvalue weighted by Crippen LogP contribution is -2.49. The fraction of sp³-hybridized carbons (Fsp3) is 0.333. The van der Waals surface area contributed by atoms with Gasteiger partial charge in [0.1, 0.15) is 12.2 Å². The zero-order valence-electron chi connectivity index (χ0n) is 24.6. The Bertz CT molecular complexity index is 1410. The van der Waals surface area contributed by atoms with Gasteiger partial charge < -0.3 is 25.2 Å². The number of amides is 2. The number of pyridine rings is 1. The van der Waals surface area contributed by atoms with E-state index >= 15 is 0 Å². The van der Waals surface area contributed by atoms with E-state index in [0.29, 0.717) is 12.8 Å². The van der Waals surface area contributed by atoms with Gasteiger partial charge in [0.25, 0.3) is 0 Å². The molecule has 0 fully saturated rings. The molecule has 3 atom stereocenters. The van der Waals surface area contributed by atoms with Crippen LogP contribution in [0.3, 0.4) is 0 Å². The standard InChI is InChI=1S/C33H38N4O5S/c1-33(2,3)42-32(40)36-26(17-24-12-14-25(15-13-24)28-11-7-8-16-35-28)19-30(38)29(18-23-9-5-4-6-10-23)37-31(39)41-21-27-20-34-22-43-27/h4-16,20,22,26,29-30,38H,17-19,21H2,1-3H3,(H,36,40)(H,37,39). The van der Waals surface area contributed by atoms with Gasteiger partial charge in [-0.2, -0.15) is 0 Å². The normalized spacial score (nSPS) is 13.4. The summed E-state index contributed by atoms with van der Waals surface area (Å²) in [5.41, 5.74) is 4.73. The number of rotatable bonds is 12. The number of nitrogens with one attached hydrogen (secondary N) is 2. The Morgan fingerprint density at radius 3 is 2.28 bits per heavy atom. The molecule has 9 nitrogen and oxygen atoms in total. The number of aromatic nitrogens is 2. The molecule has 226 valence electrons. The Hall–Kier alpha value is -4.28. The number of aliphatic hydroxyl groups excluding tert-OH is 1. The molecule has 43 heavy (non-hydrogen) atoms. The first kappa shape index (κ1) is 31.7. The van der Waals surface area contributed by atoms with E-state index in [1.807, 2.05) is 72.8 Å². The topological polar surface area (TPSA) is 123 Å². The number of thiazole rings is 1. The van der Waals surface area contributed by atoms with Gasteiger partial charge in [-0.15, -0.1) is 11.3 Å². The predicted octanol–water partition coefficient (Wildman–Crippen LogP) is 5.93. The molecule has 4 rings (SSSR count). The van der Waals surface area contributed by atoms with E-state index in [-0.39, 0.29) is 13.0 Å². The quantitative estimate of drug-likeness (QED) is 0.184. The lowest BCUT2D eigenvalue weighted by Gasteiger charge is -2.29. The number of carbonyl (C=O) groups is 2. The summed E-state index contributed by atoms with van der Waals surface area (Å²) in [7, 11) is 0. The van der Waals surface area contributed by atoms with Crippen LogP contribution in [0, 0.1) is 0 Å². The summed E-state index contributed by atoms with van der Waals surface area (Å²) < 4.78 is 10.9. The van der Waals surface area contributed by atoms with Crippen LogP contribution in [0.5, 0.6) is 0 Å². The van der Waals surface area contributed by atoms with Gasteiger partial charge in [-0.05, 0) is 63.3 Å². The Balaban J connectivity index is 1.49. The molecule has 0 aliphatic heterocycles. The summed E-state index contributed by atoms with van der Waals surface area (Å²) in [6, 6.07) is 22.1. The summed E-state index contributed by atoms with van der Waals surface area (Å²) in [6.07, 6.45) is 2.13. The minimum absolute atomic E-state index is 0.0853. The van der Waals surface area contributed by atoms with Gasteiger partial charge in [-0.1, -0.05) is 60.7 Å². The Kier molecular flexibility index (Phi) is 11.2. The maximum atomic E-state index is 12.8. The van der Waals surface area contributed by atoms with Crippen molar-refractivity contribution in [3.63, 3.8) is 0 Å². The third kappa shape index (κ3) is 10.8. The van der Waals surface area contributed by atoms with Crippen molar-refractivity contribution in [3.05, 3.63) is 107 Å². The molecule has 3 N–H and O–H groups in total. The first-order valence-corrected chi connectivity index (χ1v) is 15.0. The minimum Gasteiger partial charge on any atom is -0.444 e. The van der Waals surface area contributed by atoms with Crippen LogP contribution < -0.4 is 10.6 Å². The van der Waals surface area contributed by atoms with Crippen LogP contribution in [0.2, 0.25) is 0 Å². The van der Waals surface area contributed by atoms with Crippen molar-refractivity contribution in [2.24, 2.45) is 0 Å². The molecular formula is C33H38N4O5S. The van der Waals surface area contributed by atoms with E-state index in [1.165, 1.54) is 11.3 Å². The third-order valence-electron chi connectivity index (χ3n) is 6.54. The zero-order chi connectivity index (χ0) is 30.7. The molecule has 0 spiro atoms. The maximum Gasteiger partial charge on any atom is 0.407 e. The van der Waals surface area contributed by atoms with Gasteiger partial charge in [-0.25, -0.2) is 9.59 Å². The number of nitrogens with zero attached hydrogens (tertiary/aromatic N) is 2. The SMILES string of the molecule is CC(C)(C)OC(=O)NC(Cc1ccc(-c2ccccn2)cc1)CC(O)C(Cc1ccccc1)NC(=O)OCc1cncs1. The molecule has 10 heteroatoms. The van der Waals surface area contributed by atoms with Gasteiger partial charge in [0.15, 0.2) is 0 Å². The molecule has 2 heterocycles. The lowest BCUT2D eigenvalue weighted by molar-refractivity contribution is 0.0463. The number of aliphatic hydroxyl groups is 1. The largest absolute Gasteiger partial charge is 0.444 e. The van der Waals surface area contributed by atoms with Gasteiger partial charge >= 0.3 is 12.2 Å². The highest BCUT2D eigenvalue weighted by Crippen LogP contribution is 2.20. The summed E-state index contributed by atoms with van der Waals surface area (Å²) in [6.45, 7) is 5.47. The summed E-state index contributed by atoms with van der Waals surface area (Å²) in [5.74, 6) is 0. The molecule has 2 amide bonds. The van der Waals surface area contributed by atoms with Crippen LogP contribution in [-0.2, 0) is 28.9 Å². The van der Waals surface area contributed by atoms with Gasteiger partial charge in [0, 0.05) is 24.0 Å². The average molecular weight is 603 g/mol. The van der Waals surface area contributed by atoms with Gasteiger partial charge in [-0.3, -0.25) is 9.97 Å². The second kappa shape index (κ2) is 15.3. The molecule has 3 unspecified atom stereocenters. The third-order valence-corrected chi connectivity index (χ3v) is 7.29. The number of ether oxygens (including phenoxy) is 2. The van der Waals surface area contributed by atoms with Crippen LogP contribution in [0.25, 0.3) is 11.3 Å². The van der Waals surface area contributed by atoms with E-state index in [1.54, 1.807) is 38.7 Å². The number of hydrogen-bond donors (Lipinski definition) is 3. The highest BCUT2D eigenvalue weighted by Gasteiger charge is 2.28. The highest BCUT2D eigenvalue weighted by atomic mass is 32.1. The maximum absolute atomic E-state index is 12.8. The predicted molar refractivity (Wildman–Crippen MR) is 167 cm³/mol. The molecule has 0 bridgehead atoms. The fourth-order valence-electron chi connectivity index (χ4n) is 4.55. The van der Waals surface area contributed by atoms with Crippen molar-refractivity contribution in [2.75, 3.05) is 0 Å². The van der Waals surface area contributed by atoms with E-state index in [4.69, 9.17) is 9.47 Å². The Labute approximate surface area is 256 Å². The first-order chi connectivity index (χ1) is 20.6. The Morgan fingerprint density at radius 2 is 1.63 bits per heavy atom. The minimum atomic E-state index is -1.01. The monoisotopic (exact) mass is 602 g/mol. The second-order valence-electron chi connectivity index (χ2n) is 11.2. The van der Waals surface area contributed by atoms with E-state index in [9.17, 15) is 14.7 Å². The zero-order valence-corrected chi connectivity index (χ0v) is 25.4. The van der Waals surface area contributed by atoms with Crippen molar-refractivity contribution >= 4 is 23.5 Å². The number of hydrogen-bond acceptors (Lipinski definition) is 8. The van der Waals surface area contributed by atoms with E-state index in [2.05, 4.69) is 20.6 Å². The van der Waals surface area contributed by atoms with E-state index in [0.717, 1.165) is 27.3 Å². The van der Waals surface area contributed by atoms with Crippen LogP contribution in [0.15, 0.2) is 90.7 Å². The van der Waals surface area contributed by atoms with Gasteiger partial charge in [0.2, 0.25) is 0 Å². The van der Waals surface area contributed by atoms with Crippen molar-refractivity contribution in [1.82, 2.24) is 20.6 Å². The number of carbonyl (C=O) groups excluding carboxylic acids is 2. The van der Waals surface area contributed by atoms with Crippen molar-refractivity contribution in [1.29, 1.82) is 0 Å². The Morgan fingerprint density at radius 1 is 0.907 bits per heavy atom. The summed E-state index contributed by atoms with van der Waals surface area (Å²) >= 11 is 1.39. The second-order valence-corrected chi connectivity index (χ2v) is 12.2. The molecule has 2 aromatic heterocycles. The number of benzene rings is 2. The van der Waals surface area contributed by atoms with E-state index < -0.39 is 36.0 Å². The molecule has 4 aromatic rings. The molecule has 2 aromatic carbocycles. The van der Waals surface area contributed by atoms with Crippen molar-refractivity contribution in [2.45, 2.75) is 70.4 Å². The molecule has 0 radical (unpaired) electrons. The van der Waals surface area contributed by atoms with Crippen molar-refractivity contribution in [3.8, 4) is 11.3 Å². The summed E-state index contributed by atoms with van der Waals surface area (Å²) in [4.78, 5) is 34.8. The fourth-order valence-corrected chi connectivity index (χ4v) is 5.05. The van der Waals surface area contributed by atoms with Crippen LogP contribution in [0.1, 0.15) is 43.2 Å². The van der Waals surface area contributed by atoms with Crippen LogP contribution >= 0.6 is 11.3 Å². The number of alkyl carbamates (subject to hydrolysis) is 2. The van der Waals surface area contributed by atoms with Gasteiger partial charge in [0.05, 0.1) is 28.2 Å². The molecule has 0 saturated heterocycles. The molecule has 0 saturated carbocycles. The molecular weight excluding hydrogens is 564 g/mol. The molecule has 0 aliphatic rings. The summed E-state index contributed by atoms with van der Waals surface area (Å²) in [5, 5.41) is 17.2. The first-order valence-electron chi connectivity index (χ1n) is 14.2. The smallest absolute Gasteiger partial charge is 0.407 e. The van der Waals surface area contributed by atoms with Crippen LogP contribution in [0.4, 0.5) is 9.59 Å². The lowest BCUT2D eigenvalue weighted by atomic mass is 9.93. The molecule has 0 aliphatic carbocycles. The van der Waals surface area contributed by atoms with Crippen LogP contribution in [-0.4, -0.2) is 51.0 Å². The average Bonchev–Trinajstić information content (AvgIpc) is 3.50.